The number of carbonyl (C=O) groups is 1. The first kappa shape index (κ1) is 20.4. The number of hydrogen-bond acceptors (Lipinski definition) is 7. The van der Waals surface area contributed by atoms with Crippen molar-refractivity contribution in [2.75, 3.05) is 69.4 Å². The average Bonchev–Trinajstić information content (AvgIpc) is 2.83. The number of aromatic nitrogens is 2. The molecular formula is C22H29N5O3. The highest BCUT2D eigenvalue weighted by molar-refractivity contribution is 5.76. The predicted molar refractivity (Wildman–Crippen MR) is 115 cm³/mol. The van der Waals surface area contributed by atoms with Crippen molar-refractivity contribution in [3.8, 4) is 5.75 Å². The largest absolute Gasteiger partial charge is 0.497 e. The fourth-order valence-electron chi connectivity index (χ4n) is 3.88. The number of carbonyl (C=O) groups excluding carboxylic acids is 1. The van der Waals surface area contributed by atoms with Crippen LogP contribution in [-0.2, 0) is 16.0 Å². The number of methoxy groups -OCH3 is 1. The molecule has 0 bridgehead atoms. The number of rotatable bonds is 6. The van der Waals surface area contributed by atoms with E-state index in [0.29, 0.717) is 19.5 Å². The van der Waals surface area contributed by atoms with Gasteiger partial charge in [0.25, 0.3) is 0 Å². The molecule has 0 spiro atoms. The summed E-state index contributed by atoms with van der Waals surface area (Å²) in [6, 6.07) is 10.0. The summed E-state index contributed by atoms with van der Waals surface area (Å²) >= 11 is 0. The summed E-state index contributed by atoms with van der Waals surface area (Å²) in [7, 11) is 1.66. The number of piperazine rings is 1. The molecule has 0 unspecified atom stereocenters. The summed E-state index contributed by atoms with van der Waals surface area (Å²) in [5.41, 5.74) is 2.24. The van der Waals surface area contributed by atoms with Gasteiger partial charge in [-0.25, -0.2) is 0 Å². The van der Waals surface area contributed by atoms with Gasteiger partial charge in [0.2, 0.25) is 5.91 Å². The fraction of sp³-hybridized carbons (Fsp3) is 0.500. The van der Waals surface area contributed by atoms with E-state index in [0.717, 1.165) is 68.6 Å². The van der Waals surface area contributed by atoms with Gasteiger partial charge in [-0.05, 0) is 24.1 Å². The number of ether oxygens (including phenoxy) is 2. The van der Waals surface area contributed by atoms with Gasteiger partial charge in [0, 0.05) is 51.8 Å². The quantitative estimate of drug-likeness (QED) is 0.715. The van der Waals surface area contributed by atoms with Crippen LogP contribution in [0.5, 0.6) is 5.75 Å². The molecule has 3 heterocycles. The van der Waals surface area contributed by atoms with Crippen molar-refractivity contribution in [1.29, 1.82) is 0 Å². The van der Waals surface area contributed by atoms with Crippen LogP contribution in [-0.4, -0.2) is 80.6 Å². The van der Waals surface area contributed by atoms with Crippen molar-refractivity contribution in [2.24, 2.45) is 0 Å². The normalized spacial score (nSPS) is 17.2. The Hall–Kier alpha value is -2.87. The zero-order valence-corrected chi connectivity index (χ0v) is 17.5. The predicted octanol–water partition coefficient (Wildman–Crippen LogP) is 1.60. The third kappa shape index (κ3) is 4.99. The van der Waals surface area contributed by atoms with E-state index in [1.807, 2.05) is 35.4 Å². The number of benzene rings is 1. The van der Waals surface area contributed by atoms with Gasteiger partial charge in [-0.1, -0.05) is 12.1 Å². The van der Waals surface area contributed by atoms with Gasteiger partial charge in [0.15, 0.2) is 5.82 Å². The molecule has 1 amide bonds. The van der Waals surface area contributed by atoms with Crippen molar-refractivity contribution in [1.82, 2.24) is 15.1 Å². The van der Waals surface area contributed by atoms with Crippen LogP contribution in [0, 0.1) is 0 Å². The van der Waals surface area contributed by atoms with E-state index in [4.69, 9.17) is 9.47 Å². The number of hydrogen-bond donors (Lipinski definition) is 0. The van der Waals surface area contributed by atoms with Gasteiger partial charge in [-0.2, -0.15) is 5.10 Å². The Labute approximate surface area is 177 Å². The third-order valence-corrected chi connectivity index (χ3v) is 5.75. The van der Waals surface area contributed by atoms with E-state index in [2.05, 4.69) is 26.1 Å². The summed E-state index contributed by atoms with van der Waals surface area (Å²) in [4.78, 5) is 19.1. The lowest BCUT2D eigenvalue weighted by Gasteiger charge is -2.36. The van der Waals surface area contributed by atoms with Gasteiger partial charge in [-0.15, -0.1) is 5.10 Å². The van der Waals surface area contributed by atoms with Crippen molar-refractivity contribution >= 4 is 17.4 Å². The molecule has 0 N–H and O–H groups in total. The minimum absolute atomic E-state index is 0.207. The molecule has 2 aromatic rings. The van der Waals surface area contributed by atoms with E-state index in [1.165, 1.54) is 0 Å². The van der Waals surface area contributed by atoms with Crippen LogP contribution in [0.3, 0.4) is 0 Å². The molecule has 2 saturated heterocycles. The van der Waals surface area contributed by atoms with Gasteiger partial charge >= 0.3 is 0 Å². The first-order valence-electron chi connectivity index (χ1n) is 10.5. The fourth-order valence-corrected chi connectivity index (χ4v) is 3.88. The monoisotopic (exact) mass is 411 g/mol. The van der Waals surface area contributed by atoms with Gasteiger partial charge in [0.1, 0.15) is 5.75 Å². The van der Waals surface area contributed by atoms with Crippen LogP contribution < -0.4 is 14.5 Å². The number of nitrogens with zero attached hydrogens (tertiary/aromatic N) is 5. The zero-order chi connectivity index (χ0) is 20.8. The Morgan fingerprint density at radius 3 is 2.47 bits per heavy atom. The molecule has 160 valence electrons. The van der Waals surface area contributed by atoms with E-state index >= 15 is 0 Å². The Balaban J connectivity index is 1.27. The standard InChI is InChI=1S/C22H29N5O3/c1-29-20-5-2-18(3-6-20)4-7-22(28)27-10-8-26(9-11-27)21-16-19(17-23-24-21)25-12-14-30-15-13-25/h2-3,5-6,16-17H,4,7-15H2,1H3. The molecule has 8 nitrogen and oxygen atoms in total. The van der Waals surface area contributed by atoms with E-state index in [9.17, 15) is 4.79 Å². The molecule has 4 rings (SSSR count). The van der Waals surface area contributed by atoms with Crippen molar-refractivity contribution in [2.45, 2.75) is 12.8 Å². The van der Waals surface area contributed by atoms with Crippen LogP contribution in [0.25, 0.3) is 0 Å². The molecule has 1 aromatic carbocycles. The van der Waals surface area contributed by atoms with Crippen LogP contribution in [0.2, 0.25) is 0 Å². The molecule has 2 aliphatic rings. The summed E-state index contributed by atoms with van der Waals surface area (Å²) < 4.78 is 10.6. The Bertz CT molecular complexity index is 831. The topological polar surface area (TPSA) is 71.0 Å². The van der Waals surface area contributed by atoms with Crippen LogP contribution in [0.4, 0.5) is 11.5 Å². The molecular weight excluding hydrogens is 382 g/mol. The minimum Gasteiger partial charge on any atom is -0.497 e. The Kier molecular flexibility index (Phi) is 6.63. The summed E-state index contributed by atoms with van der Waals surface area (Å²) in [6.07, 6.45) is 3.09. The highest BCUT2D eigenvalue weighted by Crippen LogP contribution is 2.21. The number of amides is 1. The van der Waals surface area contributed by atoms with Crippen molar-refractivity contribution in [3.05, 3.63) is 42.1 Å². The second kappa shape index (κ2) is 9.75. The maximum Gasteiger partial charge on any atom is 0.223 e. The second-order valence-corrected chi connectivity index (χ2v) is 7.59. The molecule has 2 aliphatic heterocycles. The number of morpholine rings is 1. The van der Waals surface area contributed by atoms with Crippen LogP contribution in [0.15, 0.2) is 36.5 Å². The lowest BCUT2D eigenvalue weighted by atomic mass is 10.1. The molecule has 0 radical (unpaired) electrons. The van der Waals surface area contributed by atoms with Gasteiger partial charge < -0.3 is 24.2 Å². The smallest absolute Gasteiger partial charge is 0.223 e. The molecule has 0 saturated carbocycles. The molecule has 2 fully saturated rings. The third-order valence-electron chi connectivity index (χ3n) is 5.75. The first-order chi connectivity index (χ1) is 14.7. The van der Waals surface area contributed by atoms with Crippen molar-refractivity contribution in [3.63, 3.8) is 0 Å². The van der Waals surface area contributed by atoms with Crippen molar-refractivity contribution < 1.29 is 14.3 Å². The summed E-state index contributed by atoms with van der Waals surface area (Å²) in [6.45, 7) is 6.22. The van der Waals surface area contributed by atoms with Gasteiger partial charge in [0.05, 0.1) is 32.2 Å². The molecule has 0 aliphatic carbocycles. The molecule has 1 aromatic heterocycles. The van der Waals surface area contributed by atoms with E-state index in [-0.39, 0.29) is 5.91 Å². The summed E-state index contributed by atoms with van der Waals surface area (Å²) in [5, 5.41) is 8.52. The van der Waals surface area contributed by atoms with E-state index < -0.39 is 0 Å². The number of aryl methyl sites for hydroxylation is 1. The number of anilines is 2. The lowest BCUT2D eigenvalue weighted by molar-refractivity contribution is -0.131. The SMILES string of the molecule is COc1ccc(CCC(=O)N2CCN(c3cc(N4CCOCC4)cnn3)CC2)cc1. The molecule has 8 heteroatoms. The van der Waals surface area contributed by atoms with Gasteiger partial charge in [-0.3, -0.25) is 4.79 Å². The average molecular weight is 412 g/mol. The second-order valence-electron chi connectivity index (χ2n) is 7.59. The lowest BCUT2D eigenvalue weighted by Crippen LogP contribution is -2.49. The zero-order valence-electron chi connectivity index (χ0n) is 17.5. The summed E-state index contributed by atoms with van der Waals surface area (Å²) in [5.74, 6) is 1.92. The maximum atomic E-state index is 12.6. The van der Waals surface area contributed by atoms with Crippen LogP contribution >= 0.6 is 0 Å². The Morgan fingerprint density at radius 1 is 1.03 bits per heavy atom. The molecule has 30 heavy (non-hydrogen) atoms. The maximum absolute atomic E-state index is 12.6. The van der Waals surface area contributed by atoms with Crippen LogP contribution in [0.1, 0.15) is 12.0 Å². The highest BCUT2D eigenvalue weighted by atomic mass is 16.5. The minimum atomic E-state index is 0.207. The highest BCUT2D eigenvalue weighted by Gasteiger charge is 2.23. The Morgan fingerprint density at radius 2 is 1.77 bits per heavy atom. The first-order valence-corrected chi connectivity index (χ1v) is 10.5. The van der Waals surface area contributed by atoms with E-state index in [1.54, 1.807) is 7.11 Å². The molecule has 0 atom stereocenters.